The van der Waals surface area contributed by atoms with Crippen molar-refractivity contribution < 1.29 is 23.5 Å². The molecular weight excluding hydrogens is 473 g/mol. The zero-order valence-corrected chi connectivity index (χ0v) is 18.4. The Morgan fingerprint density at radius 2 is 1.97 bits per heavy atom. The molecule has 0 atom stereocenters. The maximum atomic E-state index is 13.9. The lowest BCUT2D eigenvalue weighted by Crippen LogP contribution is -2.28. The van der Waals surface area contributed by atoms with Crippen molar-refractivity contribution in [2.45, 2.75) is 13.5 Å². The van der Waals surface area contributed by atoms with Crippen LogP contribution < -0.4 is 9.47 Å². The molecule has 1 aliphatic heterocycles. The number of terminal acetylenes is 1. The second-order valence-corrected chi connectivity index (χ2v) is 7.95. The van der Waals surface area contributed by atoms with Crippen LogP contribution in [-0.2, 0) is 11.4 Å². The molecule has 0 saturated carbocycles. The van der Waals surface area contributed by atoms with Crippen molar-refractivity contribution in [2.24, 2.45) is 0 Å². The molecule has 0 aromatic heterocycles. The molecule has 1 saturated heterocycles. The van der Waals surface area contributed by atoms with E-state index in [4.69, 9.17) is 15.9 Å². The van der Waals surface area contributed by atoms with Crippen LogP contribution >= 0.6 is 27.7 Å². The summed E-state index contributed by atoms with van der Waals surface area (Å²) in [6.45, 7) is 2.17. The van der Waals surface area contributed by atoms with Gasteiger partial charge in [0, 0.05) is 10.0 Å². The van der Waals surface area contributed by atoms with Gasteiger partial charge in [0.25, 0.3) is 11.1 Å². The molecule has 154 valence electrons. The van der Waals surface area contributed by atoms with Gasteiger partial charge < -0.3 is 9.47 Å². The fourth-order valence-electron chi connectivity index (χ4n) is 2.68. The Kier molecular flexibility index (Phi) is 7.19. The minimum atomic E-state index is -0.437. The molecule has 0 radical (unpaired) electrons. The van der Waals surface area contributed by atoms with Gasteiger partial charge in [0.2, 0.25) is 0 Å². The quantitative estimate of drug-likeness (QED) is 0.393. The molecule has 3 rings (SSSR count). The number of ether oxygens (including phenoxy) is 2. The lowest BCUT2D eigenvalue weighted by molar-refractivity contribution is -0.122. The predicted octanol–water partition coefficient (Wildman–Crippen LogP) is 5.24. The van der Waals surface area contributed by atoms with E-state index in [2.05, 4.69) is 21.9 Å². The number of benzene rings is 2. The lowest BCUT2D eigenvalue weighted by atomic mass is 10.1. The number of carbonyl (C=O) groups is 2. The average molecular weight is 490 g/mol. The molecule has 2 amide bonds. The van der Waals surface area contributed by atoms with Crippen LogP contribution in [0.3, 0.4) is 0 Å². The van der Waals surface area contributed by atoms with Crippen molar-refractivity contribution in [3.63, 3.8) is 0 Å². The second-order valence-electron chi connectivity index (χ2n) is 6.11. The Hall–Kier alpha value is -2.76. The van der Waals surface area contributed by atoms with E-state index in [1.165, 1.54) is 6.07 Å². The first kappa shape index (κ1) is 21.9. The number of halogens is 2. The molecule has 2 aromatic rings. The standard InChI is InChI=1S/C22H17BrFNO4S/c1-3-9-25-21(26)20(30-22(25)27)11-15-10-18(28-4-2)19(12-16(15)23)29-13-14-7-5-6-8-17(14)24/h1,5-8,10-12H,4,9,13H2,2H3/b20-11+. The molecule has 1 heterocycles. The zero-order chi connectivity index (χ0) is 21.7. The first-order chi connectivity index (χ1) is 14.4. The summed E-state index contributed by atoms with van der Waals surface area (Å²) in [4.78, 5) is 25.7. The fraction of sp³-hybridized carbons (Fsp3) is 0.182. The molecule has 0 spiro atoms. The van der Waals surface area contributed by atoms with Gasteiger partial charge in [0.05, 0.1) is 18.1 Å². The molecule has 1 fully saturated rings. The van der Waals surface area contributed by atoms with E-state index in [-0.39, 0.29) is 23.9 Å². The third-order valence-electron chi connectivity index (χ3n) is 4.11. The number of hydrogen-bond acceptors (Lipinski definition) is 5. The summed E-state index contributed by atoms with van der Waals surface area (Å²) in [5.74, 6) is 2.37. The number of thioether (sulfide) groups is 1. The first-order valence-corrected chi connectivity index (χ1v) is 10.6. The van der Waals surface area contributed by atoms with Crippen molar-refractivity contribution in [1.82, 2.24) is 4.90 Å². The van der Waals surface area contributed by atoms with E-state index in [0.29, 0.717) is 33.7 Å². The Bertz CT molecular complexity index is 1060. The summed E-state index contributed by atoms with van der Waals surface area (Å²) in [6.07, 6.45) is 6.81. The van der Waals surface area contributed by atoms with Gasteiger partial charge in [-0.2, -0.15) is 0 Å². The van der Waals surface area contributed by atoms with Crippen molar-refractivity contribution in [1.29, 1.82) is 0 Å². The van der Waals surface area contributed by atoms with Gasteiger partial charge in [0.15, 0.2) is 11.5 Å². The summed E-state index contributed by atoms with van der Waals surface area (Å²) < 4.78 is 25.9. The van der Waals surface area contributed by atoms with Crippen molar-refractivity contribution in [3.8, 4) is 23.8 Å². The smallest absolute Gasteiger partial charge is 0.294 e. The normalized spacial score (nSPS) is 14.9. The lowest BCUT2D eigenvalue weighted by Gasteiger charge is -2.14. The highest BCUT2D eigenvalue weighted by Gasteiger charge is 2.34. The van der Waals surface area contributed by atoms with E-state index < -0.39 is 11.1 Å². The average Bonchev–Trinajstić information content (AvgIpc) is 2.98. The van der Waals surface area contributed by atoms with Crippen molar-refractivity contribution >= 4 is 44.9 Å². The Labute approximate surface area is 186 Å². The van der Waals surface area contributed by atoms with Gasteiger partial charge in [-0.25, -0.2) is 4.39 Å². The molecule has 0 aliphatic carbocycles. The van der Waals surface area contributed by atoms with Crippen LogP contribution in [-0.4, -0.2) is 29.2 Å². The summed E-state index contributed by atoms with van der Waals surface area (Å²) in [7, 11) is 0. The van der Waals surface area contributed by atoms with E-state index in [9.17, 15) is 14.0 Å². The highest BCUT2D eigenvalue weighted by atomic mass is 79.9. The number of amides is 2. The van der Waals surface area contributed by atoms with Gasteiger partial charge in [0.1, 0.15) is 12.4 Å². The van der Waals surface area contributed by atoms with Crippen LogP contribution in [0, 0.1) is 18.2 Å². The third kappa shape index (κ3) is 4.86. The Balaban J connectivity index is 1.88. The van der Waals surface area contributed by atoms with Crippen LogP contribution in [0.2, 0.25) is 0 Å². The molecule has 0 bridgehead atoms. The van der Waals surface area contributed by atoms with E-state index in [0.717, 1.165) is 16.7 Å². The first-order valence-electron chi connectivity index (χ1n) is 8.96. The second kappa shape index (κ2) is 9.83. The number of nitrogens with zero attached hydrogens (tertiary/aromatic N) is 1. The minimum Gasteiger partial charge on any atom is -0.490 e. The molecule has 2 aromatic carbocycles. The van der Waals surface area contributed by atoms with Gasteiger partial charge >= 0.3 is 0 Å². The number of rotatable bonds is 7. The maximum absolute atomic E-state index is 13.9. The molecule has 5 nitrogen and oxygen atoms in total. The number of hydrogen-bond donors (Lipinski definition) is 0. The Morgan fingerprint density at radius 3 is 2.67 bits per heavy atom. The summed E-state index contributed by atoms with van der Waals surface area (Å²) in [5, 5.41) is -0.407. The summed E-state index contributed by atoms with van der Waals surface area (Å²) >= 11 is 4.28. The maximum Gasteiger partial charge on any atom is 0.294 e. The molecule has 1 aliphatic rings. The van der Waals surface area contributed by atoms with E-state index in [1.54, 1.807) is 36.4 Å². The number of imide groups is 1. The van der Waals surface area contributed by atoms with Crippen LogP contribution in [0.1, 0.15) is 18.1 Å². The molecule has 0 N–H and O–H groups in total. The monoisotopic (exact) mass is 489 g/mol. The minimum absolute atomic E-state index is 0.0313. The largest absolute Gasteiger partial charge is 0.490 e. The van der Waals surface area contributed by atoms with Gasteiger partial charge in [-0.1, -0.05) is 40.0 Å². The van der Waals surface area contributed by atoms with Crippen LogP contribution in [0.25, 0.3) is 6.08 Å². The van der Waals surface area contributed by atoms with Crippen molar-refractivity contribution in [2.75, 3.05) is 13.2 Å². The topological polar surface area (TPSA) is 55.8 Å². The summed E-state index contributed by atoms with van der Waals surface area (Å²) in [6, 6.07) is 9.74. The van der Waals surface area contributed by atoms with Gasteiger partial charge in [-0.05, 0) is 48.5 Å². The summed E-state index contributed by atoms with van der Waals surface area (Å²) in [5.41, 5.74) is 1.05. The highest BCUT2D eigenvalue weighted by molar-refractivity contribution is 9.10. The number of carbonyl (C=O) groups excluding carboxylic acids is 2. The fourth-order valence-corrected chi connectivity index (χ4v) is 3.95. The van der Waals surface area contributed by atoms with Crippen molar-refractivity contribution in [3.05, 3.63) is 62.7 Å². The van der Waals surface area contributed by atoms with Crippen LogP contribution in [0.4, 0.5) is 9.18 Å². The molecule has 8 heteroatoms. The zero-order valence-electron chi connectivity index (χ0n) is 16.0. The van der Waals surface area contributed by atoms with Gasteiger partial charge in [-0.15, -0.1) is 6.42 Å². The van der Waals surface area contributed by atoms with Crippen LogP contribution in [0.15, 0.2) is 45.8 Å². The third-order valence-corrected chi connectivity index (χ3v) is 5.71. The van der Waals surface area contributed by atoms with E-state index in [1.807, 2.05) is 6.92 Å². The predicted molar refractivity (Wildman–Crippen MR) is 118 cm³/mol. The molecule has 30 heavy (non-hydrogen) atoms. The highest BCUT2D eigenvalue weighted by Crippen LogP contribution is 2.38. The van der Waals surface area contributed by atoms with E-state index >= 15 is 0 Å². The van der Waals surface area contributed by atoms with Gasteiger partial charge in [-0.3, -0.25) is 14.5 Å². The Morgan fingerprint density at radius 1 is 1.23 bits per heavy atom. The molecular formula is C22H17BrFNO4S. The SMILES string of the molecule is C#CCN1C(=O)S/C(=C/c2cc(OCC)c(OCc3ccccc3F)cc2Br)C1=O. The molecule has 0 unspecified atom stereocenters. The van der Waals surface area contributed by atoms with Crippen LogP contribution in [0.5, 0.6) is 11.5 Å².